The molecule has 0 saturated carbocycles. The molecule has 0 radical (unpaired) electrons. The van der Waals surface area contributed by atoms with Gasteiger partial charge in [0.05, 0.1) is 13.2 Å². The van der Waals surface area contributed by atoms with E-state index in [0.717, 1.165) is 5.56 Å². The lowest BCUT2D eigenvalue weighted by atomic mass is 9.83. The van der Waals surface area contributed by atoms with Crippen LogP contribution in [0.1, 0.15) is 45.6 Å². The Hall–Kier alpha value is -2.14. The van der Waals surface area contributed by atoms with E-state index in [4.69, 9.17) is 9.47 Å². The fraction of sp³-hybridized carbons (Fsp3) is 0.524. The average molecular weight is 359 g/mol. The molecule has 1 fully saturated rings. The van der Waals surface area contributed by atoms with Crippen LogP contribution in [0.2, 0.25) is 0 Å². The molecular formula is C21H29NO4. The van der Waals surface area contributed by atoms with Crippen molar-refractivity contribution in [3.63, 3.8) is 0 Å². The summed E-state index contributed by atoms with van der Waals surface area (Å²) in [5, 5.41) is 0. The number of ether oxygens (including phenoxy) is 2. The number of benzene rings is 1. The Labute approximate surface area is 156 Å². The van der Waals surface area contributed by atoms with E-state index in [1.807, 2.05) is 51.1 Å². The summed E-state index contributed by atoms with van der Waals surface area (Å²) in [4.78, 5) is 27.1. The van der Waals surface area contributed by atoms with Gasteiger partial charge in [0.15, 0.2) is 5.78 Å². The van der Waals surface area contributed by atoms with Gasteiger partial charge in [-0.05, 0) is 39.2 Å². The van der Waals surface area contributed by atoms with Gasteiger partial charge in [-0.15, -0.1) is 6.58 Å². The molecular weight excluding hydrogens is 330 g/mol. The molecule has 0 N–H and O–H groups in total. The van der Waals surface area contributed by atoms with Crippen LogP contribution in [0.5, 0.6) is 0 Å². The molecule has 1 amide bonds. The van der Waals surface area contributed by atoms with Gasteiger partial charge in [0.2, 0.25) is 0 Å². The fourth-order valence-electron chi connectivity index (χ4n) is 3.17. The summed E-state index contributed by atoms with van der Waals surface area (Å²) in [7, 11) is 0. The van der Waals surface area contributed by atoms with Crippen molar-refractivity contribution in [2.45, 2.75) is 57.8 Å². The van der Waals surface area contributed by atoms with E-state index in [1.165, 1.54) is 4.90 Å². The zero-order valence-electron chi connectivity index (χ0n) is 16.0. The maximum atomic E-state index is 12.9. The minimum absolute atomic E-state index is 0.00238. The Balaban J connectivity index is 2.19. The molecule has 0 bridgehead atoms. The summed E-state index contributed by atoms with van der Waals surface area (Å²) in [6.07, 6.45) is 2.61. The van der Waals surface area contributed by atoms with Gasteiger partial charge in [-0.2, -0.15) is 0 Å². The van der Waals surface area contributed by atoms with Gasteiger partial charge in [-0.1, -0.05) is 36.4 Å². The highest BCUT2D eigenvalue weighted by Crippen LogP contribution is 2.31. The first-order chi connectivity index (χ1) is 12.3. The van der Waals surface area contributed by atoms with Crippen LogP contribution in [0.15, 0.2) is 43.0 Å². The second kappa shape index (κ2) is 8.49. The smallest absolute Gasteiger partial charge is 0.411 e. The van der Waals surface area contributed by atoms with E-state index < -0.39 is 17.2 Å². The van der Waals surface area contributed by atoms with Crippen LogP contribution < -0.4 is 0 Å². The number of hydrogen-bond acceptors (Lipinski definition) is 4. The van der Waals surface area contributed by atoms with Gasteiger partial charge >= 0.3 is 6.09 Å². The second-order valence-corrected chi connectivity index (χ2v) is 7.66. The molecule has 1 aromatic carbocycles. The number of hydrogen-bond donors (Lipinski definition) is 0. The normalized spacial score (nSPS) is 20.7. The first-order valence-corrected chi connectivity index (χ1v) is 9.05. The van der Waals surface area contributed by atoms with Crippen molar-refractivity contribution in [3.05, 3.63) is 48.6 Å². The van der Waals surface area contributed by atoms with Gasteiger partial charge in [0.1, 0.15) is 11.1 Å². The zero-order chi connectivity index (χ0) is 19.2. The Morgan fingerprint density at radius 1 is 1.31 bits per heavy atom. The lowest BCUT2D eigenvalue weighted by Crippen LogP contribution is -2.63. The van der Waals surface area contributed by atoms with Crippen LogP contribution >= 0.6 is 0 Å². The van der Waals surface area contributed by atoms with Crippen molar-refractivity contribution >= 4 is 11.9 Å². The summed E-state index contributed by atoms with van der Waals surface area (Å²) in [6, 6.07) is 9.76. The Morgan fingerprint density at radius 2 is 2.00 bits per heavy atom. The van der Waals surface area contributed by atoms with Gasteiger partial charge in [0.25, 0.3) is 0 Å². The minimum Gasteiger partial charge on any atom is -0.444 e. The summed E-state index contributed by atoms with van der Waals surface area (Å²) in [5.74, 6) is 0.00238. The molecule has 142 valence electrons. The molecule has 0 aliphatic carbocycles. The number of likely N-dealkylation sites (tertiary alicyclic amines) is 1. The molecule has 26 heavy (non-hydrogen) atoms. The minimum atomic E-state index is -1.04. The number of nitrogens with zero attached hydrogens (tertiary/aromatic N) is 1. The number of carbonyl (C=O) groups is 2. The Kier molecular flexibility index (Phi) is 6.59. The standard InChI is InChI=1S/C21H29NO4/c1-5-13-21(16-25-15-17-10-7-6-8-11-17)18(23)12-9-14-22(21)19(24)26-20(2,3)4/h5-8,10-11H,1,9,12-16H2,2-4H3/t21-/m1/s1. The predicted molar refractivity (Wildman–Crippen MR) is 101 cm³/mol. The second-order valence-electron chi connectivity index (χ2n) is 7.66. The monoisotopic (exact) mass is 359 g/mol. The van der Waals surface area contributed by atoms with Crippen molar-refractivity contribution in [2.24, 2.45) is 0 Å². The maximum Gasteiger partial charge on any atom is 0.411 e. The molecule has 1 aliphatic rings. The van der Waals surface area contributed by atoms with Crippen LogP contribution in [0, 0.1) is 0 Å². The lowest BCUT2D eigenvalue weighted by Gasteiger charge is -2.45. The van der Waals surface area contributed by atoms with E-state index in [9.17, 15) is 9.59 Å². The van der Waals surface area contributed by atoms with Gasteiger partial charge in [-0.3, -0.25) is 9.69 Å². The molecule has 0 spiro atoms. The van der Waals surface area contributed by atoms with Crippen LogP contribution in [0.4, 0.5) is 4.79 Å². The number of carbonyl (C=O) groups excluding carboxylic acids is 2. The highest BCUT2D eigenvalue weighted by atomic mass is 16.6. The zero-order valence-corrected chi connectivity index (χ0v) is 16.0. The van der Waals surface area contributed by atoms with E-state index in [-0.39, 0.29) is 12.4 Å². The topological polar surface area (TPSA) is 55.8 Å². The molecule has 5 nitrogen and oxygen atoms in total. The number of amides is 1. The fourth-order valence-corrected chi connectivity index (χ4v) is 3.17. The molecule has 5 heteroatoms. The van der Waals surface area contributed by atoms with E-state index >= 15 is 0 Å². The van der Waals surface area contributed by atoms with Gasteiger partial charge < -0.3 is 9.47 Å². The molecule has 1 aliphatic heterocycles. The molecule has 1 saturated heterocycles. The maximum absolute atomic E-state index is 12.9. The van der Waals surface area contributed by atoms with Crippen molar-refractivity contribution in [1.82, 2.24) is 4.90 Å². The molecule has 0 unspecified atom stereocenters. The molecule has 0 aromatic heterocycles. The van der Waals surface area contributed by atoms with Crippen LogP contribution in [0.3, 0.4) is 0 Å². The molecule has 1 aromatic rings. The quantitative estimate of drug-likeness (QED) is 0.717. The van der Waals surface area contributed by atoms with Crippen LogP contribution in [-0.4, -0.2) is 41.1 Å². The van der Waals surface area contributed by atoms with Crippen molar-refractivity contribution < 1.29 is 19.1 Å². The first-order valence-electron chi connectivity index (χ1n) is 9.05. The Morgan fingerprint density at radius 3 is 2.62 bits per heavy atom. The third-order valence-electron chi connectivity index (χ3n) is 4.37. The summed E-state index contributed by atoms with van der Waals surface area (Å²) < 4.78 is 11.4. The summed E-state index contributed by atoms with van der Waals surface area (Å²) in [6.45, 7) is 10.2. The lowest BCUT2D eigenvalue weighted by molar-refractivity contribution is -0.140. The number of rotatable bonds is 6. The van der Waals surface area contributed by atoms with E-state index in [1.54, 1.807) is 6.08 Å². The predicted octanol–water partition coefficient (Wildman–Crippen LogP) is 4.12. The Bertz CT molecular complexity index is 635. The number of Topliss-reactive ketones (excluding diaryl/α,β-unsaturated/α-hetero) is 1. The third-order valence-corrected chi connectivity index (χ3v) is 4.37. The first kappa shape index (κ1) is 20.2. The van der Waals surface area contributed by atoms with Crippen LogP contribution in [0.25, 0.3) is 0 Å². The molecule has 2 rings (SSSR count). The van der Waals surface area contributed by atoms with E-state index in [2.05, 4.69) is 6.58 Å². The summed E-state index contributed by atoms with van der Waals surface area (Å²) >= 11 is 0. The molecule has 1 atom stereocenters. The third kappa shape index (κ3) is 4.94. The van der Waals surface area contributed by atoms with Gasteiger partial charge in [-0.25, -0.2) is 4.79 Å². The van der Waals surface area contributed by atoms with Gasteiger partial charge in [0, 0.05) is 13.0 Å². The van der Waals surface area contributed by atoms with Crippen LogP contribution in [-0.2, 0) is 20.9 Å². The SMILES string of the molecule is C=CC[C@@]1(COCc2ccccc2)C(=O)CCCN1C(=O)OC(C)(C)C. The van der Waals surface area contributed by atoms with Crippen molar-refractivity contribution in [3.8, 4) is 0 Å². The van der Waals surface area contributed by atoms with Crippen molar-refractivity contribution in [2.75, 3.05) is 13.2 Å². The average Bonchev–Trinajstić information content (AvgIpc) is 2.57. The van der Waals surface area contributed by atoms with E-state index in [0.29, 0.717) is 32.4 Å². The number of piperidine rings is 1. The number of ketones is 1. The molecule has 1 heterocycles. The van der Waals surface area contributed by atoms with Crippen molar-refractivity contribution in [1.29, 1.82) is 0 Å². The highest BCUT2D eigenvalue weighted by Gasteiger charge is 2.48. The largest absolute Gasteiger partial charge is 0.444 e. The summed E-state index contributed by atoms with van der Waals surface area (Å²) in [5.41, 5.74) is -0.646. The highest BCUT2D eigenvalue weighted by molar-refractivity contribution is 5.93.